The molecule has 0 bridgehead atoms. The summed E-state index contributed by atoms with van der Waals surface area (Å²) in [7, 11) is 0. The maximum atomic E-state index is 12.9. The van der Waals surface area contributed by atoms with E-state index >= 15 is 0 Å². The van der Waals surface area contributed by atoms with Crippen LogP contribution in [0.25, 0.3) is 0 Å². The van der Waals surface area contributed by atoms with Crippen LogP contribution in [-0.2, 0) is 16.0 Å². The zero-order valence-corrected chi connectivity index (χ0v) is 14.4. The van der Waals surface area contributed by atoms with E-state index in [9.17, 15) is 19.1 Å². The molecule has 0 aromatic heterocycles. The molecular weight excluding hydrogens is 337 g/mol. The fraction of sp³-hybridized carbons (Fsp3) is 0.300. The molecule has 1 heterocycles. The van der Waals surface area contributed by atoms with Crippen molar-refractivity contribution in [3.05, 3.63) is 59.9 Å². The number of benzene rings is 2. The molecule has 1 aliphatic heterocycles. The molecular formula is C20H20FNO4. The molecule has 1 amide bonds. The molecule has 26 heavy (non-hydrogen) atoms. The molecule has 2 aromatic carbocycles. The average Bonchev–Trinajstić information content (AvgIpc) is 3.00. The monoisotopic (exact) mass is 357 g/mol. The predicted octanol–water partition coefficient (Wildman–Crippen LogP) is 3.62. The molecule has 2 atom stereocenters. The summed E-state index contributed by atoms with van der Waals surface area (Å²) in [6.07, 6.45) is 1.34. The molecule has 0 spiro atoms. The van der Waals surface area contributed by atoms with Gasteiger partial charge in [-0.1, -0.05) is 12.1 Å². The quantitative estimate of drug-likeness (QED) is 0.887. The molecule has 1 aliphatic rings. The fourth-order valence-corrected chi connectivity index (χ4v) is 3.23. The molecule has 2 unspecified atom stereocenters. The maximum Gasteiger partial charge on any atom is 0.326 e. The largest absolute Gasteiger partial charge is 0.480 e. The molecule has 1 saturated heterocycles. The van der Waals surface area contributed by atoms with Gasteiger partial charge in [-0.25, -0.2) is 9.18 Å². The molecule has 0 aliphatic carbocycles. The van der Waals surface area contributed by atoms with Crippen molar-refractivity contribution in [1.29, 1.82) is 0 Å². The fourth-order valence-electron chi connectivity index (χ4n) is 3.23. The van der Waals surface area contributed by atoms with Crippen molar-refractivity contribution >= 4 is 11.9 Å². The van der Waals surface area contributed by atoms with Crippen LogP contribution in [-0.4, -0.2) is 34.0 Å². The number of halogens is 1. The zero-order valence-electron chi connectivity index (χ0n) is 14.4. The first kappa shape index (κ1) is 17.9. The summed E-state index contributed by atoms with van der Waals surface area (Å²) in [5.41, 5.74) is 0.782. The lowest BCUT2D eigenvalue weighted by Crippen LogP contribution is -2.44. The van der Waals surface area contributed by atoms with E-state index in [0.717, 1.165) is 5.56 Å². The van der Waals surface area contributed by atoms with E-state index in [1.54, 1.807) is 24.3 Å². The van der Waals surface area contributed by atoms with Crippen LogP contribution in [0.3, 0.4) is 0 Å². The molecule has 0 radical (unpaired) electrons. The Morgan fingerprint density at radius 3 is 2.23 bits per heavy atom. The van der Waals surface area contributed by atoms with E-state index in [0.29, 0.717) is 24.3 Å². The third kappa shape index (κ3) is 4.02. The number of carbonyl (C=O) groups excluding carboxylic acids is 1. The van der Waals surface area contributed by atoms with Crippen LogP contribution in [0.1, 0.15) is 25.3 Å². The summed E-state index contributed by atoms with van der Waals surface area (Å²) in [4.78, 5) is 25.3. The van der Waals surface area contributed by atoms with Gasteiger partial charge in [0.2, 0.25) is 5.91 Å². The van der Waals surface area contributed by atoms with Gasteiger partial charge in [-0.15, -0.1) is 0 Å². The van der Waals surface area contributed by atoms with Gasteiger partial charge in [-0.2, -0.15) is 0 Å². The van der Waals surface area contributed by atoms with Gasteiger partial charge < -0.3 is 14.7 Å². The number of carboxylic acid groups (broad SMARTS) is 1. The highest BCUT2D eigenvalue weighted by atomic mass is 19.1. The highest BCUT2D eigenvalue weighted by molar-refractivity contribution is 5.86. The minimum absolute atomic E-state index is 0.0651. The van der Waals surface area contributed by atoms with Crippen molar-refractivity contribution in [2.75, 3.05) is 0 Å². The number of ether oxygens (including phenoxy) is 1. The van der Waals surface area contributed by atoms with E-state index in [2.05, 4.69) is 0 Å². The first-order chi connectivity index (χ1) is 12.4. The van der Waals surface area contributed by atoms with Gasteiger partial charge in [-0.05, 0) is 61.7 Å². The van der Waals surface area contributed by atoms with Crippen molar-refractivity contribution in [1.82, 2.24) is 4.90 Å². The molecule has 136 valence electrons. The Morgan fingerprint density at radius 2 is 1.65 bits per heavy atom. The molecule has 1 fully saturated rings. The van der Waals surface area contributed by atoms with Gasteiger partial charge in [-0.3, -0.25) is 4.79 Å². The van der Waals surface area contributed by atoms with Crippen molar-refractivity contribution < 1.29 is 23.8 Å². The van der Waals surface area contributed by atoms with Gasteiger partial charge in [0.1, 0.15) is 23.4 Å². The van der Waals surface area contributed by atoms with Crippen LogP contribution >= 0.6 is 0 Å². The van der Waals surface area contributed by atoms with Crippen LogP contribution in [0.15, 0.2) is 48.5 Å². The molecule has 1 N–H and O–H groups in total. The van der Waals surface area contributed by atoms with Crippen molar-refractivity contribution in [3.63, 3.8) is 0 Å². The lowest BCUT2D eigenvalue weighted by molar-refractivity contribution is -0.149. The minimum Gasteiger partial charge on any atom is -0.480 e. The number of hydrogen-bond donors (Lipinski definition) is 1. The number of hydrogen-bond acceptors (Lipinski definition) is 3. The third-order valence-corrected chi connectivity index (χ3v) is 4.57. The van der Waals surface area contributed by atoms with Gasteiger partial charge in [0.25, 0.3) is 0 Å². The maximum absolute atomic E-state index is 12.9. The number of rotatable bonds is 5. The second kappa shape index (κ2) is 7.56. The molecule has 2 aromatic rings. The van der Waals surface area contributed by atoms with Crippen LogP contribution in [0.5, 0.6) is 11.5 Å². The summed E-state index contributed by atoms with van der Waals surface area (Å²) in [6.45, 7) is 1.88. The Balaban J connectivity index is 1.64. The molecule has 0 saturated carbocycles. The van der Waals surface area contributed by atoms with Gasteiger partial charge >= 0.3 is 5.97 Å². The summed E-state index contributed by atoms with van der Waals surface area (Å²) in [5.74, 6) is -0.376. The van der Waals surface area contributed by atoms with E-state index in [1.807, 2.05) is 6.92 Å². The van der Waals surface area contributed by atoms with Crippen molar-refractivity contribution in [2.24, 2.45) is 0 Å². The second-order valence-electron chi connectivity index (χ2n) is 6.46. The average molecular weight is 357 g/mol. The first-order valence-electron chi connectivity index (χ1n) is 8.50. The smallest absolute Gasteiger partial charge is 0.326 e. The van der Waals surface area contributed by atoms with Crippen LogP contribution in [0.2, 0.25) is 0 Å². The number of nitrogens with zero attached hydrogens (tertiary/aromatic N) is 1. The van der Waals surface area contributed by atoms with E-state index in [-0.39, 0.29) is 24.2 Å². The van der Waals surface area contributed by atoms with Crippen molar-refractivity contribution in [2.45, 2.75) is 38.3 Å². The number of amides is 1. The van der Waals surface area contributed by atoms with E-state index in [4.69, 9.17) is 4.74 Å². The molecule has 6 heteroatoms. The van der Waals surface area contributed by atoms with Crippen LogP contribution < -0.4 is 4.74 Å². The number of aliphatic carboxylic acids is 1. The predicted molar refractivity (Wildman–Crippen MR) is 93.6 cm³/mol. The number of likely N-dealkylation sites (tertiary alicyclic amines) is 1. The number of carboxylic acids is 1. The highest BCUT2D eigenvalue weighted by Crippen LogP contribution is 2.26. The third-order valence-electron chi connectivity index (χ3n) is 4.57. The SMILES string of the molecule is CC1CCC(C(=O)O)N1C(=O)Cc1ccc(Oc2ccc(F)cc2)cc1. The summed E-state index contributed by atoms with van der Waals surface area (Å²) < 4.78 is 18.5. The minimum atomic E-state index is -0.953. The topological polar surface area (TPSA) is 66.8 Å². The van der Waals surface area contributed by atoms with E-state index < -0.39 is 12.0 Å². The first-order valence-corrected chi connectivity index (χ1v) is 8.50. The zero-order chi connectivity index (χ0) is 18.7. The Kier molecular flexibility index (Phi) is 5.21. The second-order valence-corrected chi connectivity index (χ2v) is 6.46. The Labute approximate surface area is 151 Å². The normalized spacial score (nSPS) is 19.4. The van der Waals surface area contributed by atoms with Gasteiger partial charge in [0.05, 0.1) is 6.42 Å². The molecule has 5 nitrogen and oxygen atoms in total. The van der Waals surface area contributed by atoms with Crippen molar-refractivity contribution in [3.8, 4) is 11.5 Å². The summed E-state index contributed by atoms with van der Waals surface area (Å²) >= 11 is 0. The number of carbonyl (C=O) groups is 2. The summed E-state index contributed by atoms with van der Waals surface area (Å²) in [6, 6.07) is 11.9. The van der Waals surface area contributed by atoms with Crippen LogP contribution in [0.4, 0.5) is 4.39 Å². The van der Waals surface area contributed by atoms with Gasteiger partial charge in [0, 0.05) is 6.04 Å². The van der Waals surface area contributed by atoms with Crippen LogP contribution in [0, 0.1) is 5.82 Å². The molecule has 3 rings (SSSR count). The Bertz CT molecular complexity index is 788. The highest BCUT2D eigenvalue weighted by Gasteiger charge is 2.38. The lowest BCUT2D eigenvalue weighted by atomic mass is 10.1. The van der Waals surface area contributed by atoms with E-state index in [1.165, 1.54) is 29.2 Å². The summed E-state index contributed by atoms with van der Waals surface area (Å²) in [5, 5.41) is 9.28. The van der Waals surface area contributed by atoms with Gasteiger partial charge in [0.15, 0.2) is 0 Å². The Morgan fingerprint density at radius 1 is 1.08 bits per heavy atom. The standard InChI is InChI=1S/C20H20FNO4/c1-13-2-11-18(20(24)25)22(13)19(23)12-14-3-7-16(8-4-14)26-17-9-5-15(21)6-10-17/h3-10,13,18H,2,11-12H2,1H3,(H,24,25). The Hall–Kier alpha value is -2.89. The lowest BCUT2D eigenvalue weighted by Gasteiger charge is -2.26.